The summed E-state index contributed by atoms with van der Waals surface area (Å²) in [6.07, 6.45) is 0.925. The number of hydrogen-bond donors (Lipinski definition) is 1. The molecular weight excluding hydrogens is 180 g/mol. The lowest BCUT2D eigenvalue weighted by atomic mass is 10.2. The normalized spacial score (nSPS) is 9.79. The van der Waals surface area contributed by atoms with Gasteiger partial charge in [-0.05, 0) is 19.1 Å². The highest BCUT2D eigenvalue weighted by Crippen LogP contribution is 2.03. The highest BCUT2D eigenvalue weighted by Gasteiger charge is 2.03. The minimum absolute atomic E-state index is 0.197. The quantitative estimate of drug-likeness (QED) is 0.730. The lowest BCUT2D eigenvalue weighted by Crippen LogP contribution is -2.06. The average molecular weight is 194 g/mol. The zero-order valence-electron chi connectivity index (χ0n) is 8.19. The number of rotatable bonds is 4. The summed E-state index contributed by atoms with van der Waals surface area (Å²) < 4.78 is 4.80. The second kappa shape index (κ2) is 5.21. The van der Waals surface area contributed by atoms with Crippen LogP contribution in [0.25, 0.3) is 0 Å². The van der Waals surface area contributed by atoms with E-state index >= 15 is 0 Å². The van der Waals surface area contributed by atoms with E-state index in [0.29, 0.717) is 25.3 Å². The van der Waals surface area contributed by atoms with Crippen LogP contribution in [0.5, 0.6) is 0 Å². The van der Waals surface area contributed by atoms with E-state index in [4.69, 9.17) is 10.5 Å². The molecule has 0 radical (unpaired) electrons. The molecule has 0 bridgehead atoms. The van der Waals surface area contributed by atoms with Crippen molar-refractivity contribution >= 4 is 11.8 Å². The number of pyridine rings is 1. The van der Waals surface area contributed by atoms with Crippen molar-refractivity contribution in [1.82, 2.24) is 4.98 Å². The number of aryl methyl sites for hydroxylation is 1. The van der Waals surface area contributed by atoms with Crippen molar-refractivity contribution in [3.8, 4) is 0 Å². The van der Waals surface area contributed by atoms with Crippen molar-refractivity contribution in [2.75, 3.05) is 12.3 Å². The highest BCUT2D eigenvalue weighted by molar-refractivity contribution is 5.69. The summed E-state index contributed by atoms with van der Waals surface area (Å²) >= 11 is 0. The van der Waals surface area contributed by atoms with Gasteiger partial charge in [0.1, 0.15) is 5.82 Å². The molecule has 1 heterocycles. The first-order valence-electron chi connectivity index (χ1n) is 4.59. The van der Waals surface area contributed by atoms with Gasteiger partial charge in [-0.15, -0.1) is 0 Å². The molecule has 0 saturated carbocycles. The predicted molar refractivity (Wildman–Crippen MR) is 53.6 cm³/mol. The molecule has 1 aromatic rings. The van der Waals surface area contributed by atoms with Gasteiger partial charge in [-0.2, -0.15) is 0 Å². The van der Waals surface area contributed by atoms with Crippen LogP contribution in [-0.4, -0.2) is 17.6 Å². The van der Waals surface area contributed by atoms with Gasteiger partial charge in [0.2, 0.25) is 0 Å². The van der Waals surface area contributed by atoms with Crippen LogP contribution in [0.3, 0.4) is 0 Å². The molecule has 0 saturated heterocycles. The summed E-state index contributed by atoms with van der Waals surface area (Å²) in [5, 5.41) is 0. The van der Waals surface area contributed by atoms with Gasteiger partial charge in [0.25, 0.3) is 0 Å². The smallest absolute Gasteiger partial charge is 0.306 e. The second-order valence-electron chi connectivity index (χ2n) is 2.86. The minimum atomic E-state index is -0.197. The van der Waals surface area contributed by atoms with Crippen LogP contribution in [0, 0.1) is 0 Å². The summed E-state index contributed by atoms with van der Waals surface area (Å²) in [6.45, 7) is 2.21. The Kier molecular flexibility index (Phi) is 3.91. The van der Waals surface area contributed by atoms with E-state index < -0.39 is 0 Å². The van der Waals surface area contributed by atoms with Gasteiger partial charge in [-0.25, -0.2) is 4.98 Å². The van der Waals surface area contributed by atoms with Gasteiger partial charge in [0, 0.05) is 12.1 Å². The zero-order chi connectivity index (χ0) is 10.4. The van der Waals surface area contributed by atoms with Crippen LogP contribution in [-0.2, 0) is 16.0 Å². The van der Waals surface area contributed by atoms with E-state index in [9.17, 15) is 4.79 Å². The molecular formula is C10H14N2O2. The van der Waals surface area contributed by atoms with E-state index in [1.807, 2.05) is 12.1 Å². The fourth-order valence-electron chi connectivity index (χ4n) is 1.10. The topological polar surface area (TPSA) is 65.2 Å². The Hall–Kier alpha value is -1.58. The van der Waals surface area contributed by atoms with E-state index in [1.165, 1.54) is 0 Å². The number of nitrogen functional groups attached to an aromatic ring is 1. The number of carbonyl (C=O) groups excluding carboxylic acids is 1. The maximum Gasteiger partial charge on any atom is 0.306 e. The largest absolute Gasteiger partial charge is 0.466 e. The molecule has 76 valence electrons. The van der Waals surface area contributed by atoms with Crippen LogP contribution in [0.1, 0.15) is 19.0 Å². The number of hydrogen-bond acceptors (Lipinski definition) is 4. The van der Waals surface area contributed by atoms with Crippen LogP contribution >= 0.6 is 0 Å². The first-order chi connectivity index (χ1) is 6.72. The Morgan fingerprint density at radius 3 is 3.00 bits per heavy atom. The summed E-state index contributed by atoms with van der Waals surface area (Å²) in [6, 6.07) is 5.38. The molecule has 0 spiro atoms. The number of esters is 1. The maximum absolute atomic E-state index is 11.0. The van der Waals surface area contributed by atoms with Crippen molar-refractivity contribution in [2.24, 2.45) is 0 Å². The van der Waals surface area contributed by atoms with Crippen molar-refractivity contribution in [2.45, 2.75) is 19.8 Å². The Bertz CT molecular complexity index is 313. The number of ether oxygens (including phenoxy) is 1. The van der Waals surface area contributed by atoms with Crippen molar-refractivity contribution < 1.29 is 9.53 Å². The zero-order valence-corrected chi connectivity index (χ0v) is 8.19. The second-order valence-corrected chi connectivity index (χ2v) is 2.86. The summed E-state index contributed by atoms with van der Waals surface area (Å²) in [4.78, 5) is 15.1. The van der Waals surface area contributed by atoms with Gasteiger partial charge in [0.05, 0.1) is 13.0 Å². The SMILES string of the molecule is CCOC(=O)CCc1cccc(N)n1. The monoisotopic (exact) mass is 194 g/mol. The average Bonchev–Trinajstić information content (AvgIpc) is 2.15. The fraction of sp³-hybridized carbons (Fsp3) is 0.400. The minimum Gasteiger partial charge on any atom is -0.466 e. The third-order valence-electron chi connectivity index (χ3n) is 1.72. The Morgan fingerprint density at radius 1 is 1.57 bits per heavy atom. The number of nitrogens with zero attached hydrogens (tertiary/aromatic N) is 1. The number of nitrogens with two attached hydrogens (primary N) is 1. The standard InChI is InChI=1S/C10H14N2O2/c1-2-14-10(13)7-6-8-4-3-5-9(11)12-8/h3-5H,2,6-7H2,1H3,(H2,11,12). The molecule has 0 aromatic carbocycles. The van der Waals surface area contributed by atoms with Crippen LogP contribution in [0.4, 0.5) is 5.82 Å². The molecule has 0 aliphatic heterocycles. The molecule has 2 N–H and O–H groups in total. The van der Waals surface area contributed by atoms with Gasteiger partial charge < -0.3 is 10.5 Å². The lowest BCUT2D eigenvalue weighted by molar-refractivity contribution is -0.143. The molecule has 0 atom stereocenters. The third-order valence-corrected chi connectivity index (χ3v) is 1.72. The molecule has 0 amide bonds. The molecule has 4 nitrogen and oxygen atoms in total. The fourth-order valence-corrected chi connectivity index (χ4v) is 1.10. The van der Waals surface area contributed by atoms with Crippen molar-refractivity contribution in [3.05, 3.63) is 23.9 Å². The molecule has 0 fully saturated rings. The first kappa shape index (κ1) is 10.5. The number of carbonyl (C=O) groups is 1. The molecule has 0 unspecified atom stereocenters. The summed E-state index contributed by atoms with van der Waals surface area (Å²) in [5.41, 5.74) is 6.31. The summed E-state index contributed by atoms with van der Waals surface area (Å²) in [5.74, 6) is 0.281. The van der Waals surface area contributed by atoms with Gasteiger partial charge >= 0.3 is 5.97 Å². The van der Waals surface area contributed by atoms with E-state index in [1.54, 1.807) is 13.0 Å². The Balaban J connectivity index is 2.41. The highest BCUT2D eigenvalue weighted by atomic mass is 16.5. The van der Waals surface area contributed by atoms with Crippen LogP contribution in [0.15, 0.2) is 18.2 Å². The first-order valence-corrected chi connectivity index (χ1v) is 4.59. The van der Waals surface area contributed by atoms with E-state index in [0.717, 1.165) is 5.69 Å². The van der Waals surface area contributed by atoms with Gasteiger partial charge in [0.15, 0.2) is 0 Å². The third kappa shape index (κ3) is 3.43. The molecule has 1 aromatic heterocycles. The van der Waals surface area contributed by atoms with Crippen molar-refractivity contribution in [1.29, 1.82) is 0 Å². The van der Waals surface area contributed by atoms with Crippen LogP contribution in [0.2, 0.25) is 0 Å². The number of anilines is 1. The Labute approximate surface area is 83.1 Å². The van der Waals surface area contributed by atoms with E-state index in [-0.39, 0.29) is 5.97 Å². The van der Waals surface area contributed by atoms with Gasteiger partial charge in [-0.1, -0.05) is 6.07 Å². The maximum atomic E-state index is 11.0. The predicted octanol–water partition coefficient (Wildman–Crippen LogP) is 1.16. The lowest BCUT2D eigenvalue weighted by Gasteiger charge is -2.01. The van der Waals surface area contributed by atoms with Crippen molar-refractivity contribution in [3.63, 3.8) is 0 Å². The molecule has 0 aliphatic carbocycles. The molecule has 1 rings (SSSR count). The van der Waals surface area contributed by atoms with Gasteiger partial charge in [-0.3, -0.25) is 4.79 Å². The molecule has 4 heteroatoms. The molecule has 0 aliphatic rings. The number of aromatic nitrogens is 1. The molecule has 14 heavy (non-hydrogen) atoms. The van der Waals surface area contributed by atoms with E-state index in [2.05, 4.69) is 4.98 Å². The van der Waals surface area contributed by atoms with Crippen LogP contribution < -0.4 is 5.73 Å². The summed E-state index contributed by atoms with van der Waals surface area (Å²) in [7, 11) is 0. The Morgan fingerprint density at radius 2 is 2.36 bits per heavy atom.